The van der Waals surface area contributed by atoms with Gasteiger partial charge in [0.15, 0.2) is 0 Å². The molecule has 2 N–H and O–H groups in total. The van der Waals surface area contributed by atoms with Gasteiger partial charge in [0.1, 0.15) is 0 Å². The molecule has 0 bridgehead atoms. The molecule has 0 aromatic heterocycles. The Morgan fingerprint density at radius 3 is 2.60 bits per heavy atom. The van der Waals surface area contributed by atoms with Crippen LogP contribution in [0.15, 0.2) is 0 Å². The molecule has 118 valence electrons. The van der Waals surface area contributed by atoms with Gasteiger partial charge in [-0.25, -0.2) is 8.42 Å². The van der Waals surface area contributed by atoms with Crippen molar-refractivity contribution in [3.05, 3.63) is 0 Å². The molecule has 1 aliphatic rings. The quantitative estimate of drug-likeness (QED) is 0.667. The summed E-state index contributed by atoms with van der Waals surface area (Å²) in [6, 6.07) is -0.0165. The van der Waals surface area contributed by atoms with Crippen LogP contribution in [-0.2, 0) is 19.6 Å². The molecule has 0 radical (unpaired) electrons. The van der Waals surface area contributed by atoms with Crippen LogP contribution in [-0.4, -0.2) is 50.2 Å². The highest BCUT2D eigenvalue weighted by molar-refractivity contribution is 7.89. The predicted molar refractivity (Wildman–Crippen MR) is 77.6 cm³/mol. The van der Waals surface area contributed by atoms with Gasteiger partial charge >= 0.3 is 5.97 Å². The van der Waals surface area contributed by atoms with Gasteiger partial charge in [0.05, 0.1) is 18.8 Å². The van der Waals surface area contributed by atoms with Crippen molar-refractivity contribution in [3.63, 3.8) is 0 Å². The smallest absolute Gasteiger partial charge is 0.306 e. The Morgan fingerprint density at radius 2 is 2.05 bits per heavy atom. The van der Waals surface area contributed by atoms with Crippen molar-refractivity contribution in [1.82, 2.24) is 4.31 Å². The molecule has 0 aromatic carbocycles. The maximum absolute atomic E-state index is 12.4. The van der Waals surface area contributed by atoms with Gasteiger partial charge in [-0.1, -0.05) is 13.3 Å². The monoisotopic (exact) mass is 306 g/mol. The van der Waals surface area contributed by atoms with Crippen molar-refractivity contribution in [2.75, 3.05) is 25.4 Å². The zero-order chi connectivity index (χ0) is 15.2. The van der Waals surface area contributed by atoms with Crippen LogP contribution in [0.1, 0.15) is 39.5 Å². The Bertz CT molecular complexity index is 411. The van der Waals surface area contributed by atoms with E-state index in [1.165, 1.54) is 4.31 Å². The average Bonchev–Trinajstić information content (AvgIpc) is 2.85. The summed E-state index contributed by atoms with van der Waals surface area (Å²) in [6.45, 7) is 4.73. The zero-order valence-electron chi connectivity index (χ0n) is 12.4. The maximum atomic E-state index is 12.4. The summed E-state index contributed by atoms with van der Waals surface area (Å²) in [5.74, 6) is -0.422. The van der Waals surface area contributed by atoms with E-state index >= 15 is 0 Å². The fraction of sp³-hybridized carbons (Fsp3) is 0.923. The molecule has 0 amide bonds. The number of hydrogen-bond acceptors (Lipinski definition) is 5. The number of rotatable bonds is 8. The fourth-order valence-electron chi connectivity index (χ4n) is 2.87. The first-order valence-electron chi connectivity index (χ1n) is 7.31. The largest absolute Gasteiger partial charge is 0.466 e. The minimum absolute atomic E-state index is 0.0165. The number of carbonyl (C=O) groups excluding carboxylic acids is 1. The van der Waals surface area contributed by atoms with E-state index in [0.717, 1.165) is 19.3 Å². The first-order chi connectivity index (χ1) is 9.46. The number of sulfonamides is 1. The molecule has 7 heteroatoms. The lowest BCUT2D eigenvalue weighted by molar-refractivity contribution is -0.142. The van der Waals surface area contributed by atoms with Gasteiger partial charge in [-0.05, 0) is 32.2 Å². The number of nitrogens with zero attached hydrogens (tertiary/aromatic N) is 1. The minimum Gasteiger partial charge on any atom is -0.466 e. The lowest BCUT2D eigenvalue weighted by Crippen LogP contribution is -2.45. The lowest BCUT2D eigenvalue weighted by Gasteiger charge is -2.30. The second-order valence-electron chi connectivity index (χ2n) is 5.07. The molecular weight excluding hydrogens is 280 g/mol. The van der Waals surface area contributed by atoms with E-state index in [0.29, 0.717) is 13.1 Å². The second kappa shape index (κ2) is 7.95. The van der Waals surface area contributed by atoms with Gasteiger partial charge in [-0.15, -0.1) is 0 Å². The van der Waals surface area contributed by atoms with Crippen molar-refractivity contribution in [2.45, 2.75) is 45.6 Å². The third-order valence-corrected chi connectivity index (χ3v) is 5.79. The van der Waals surface area contributed by atoms with Crippen LogP contribution in [0, 0.1) is 5.92 Å². The van der Waals surface area contributed by atoms with Crippen molar-refractivity contribution in [1.29, 1.82) is 0 Å². The first kappa shape index (κ1) is 17.4. The predicted octanol–water partition coefficient (Wildman–Crippen LogP) is 0.719. The first-order valence-corrected chi connectivity index (χ1v) is 8.92. The Hall–Kier alpha value is -0.660. The second-order valence-corrected chi connectivity index (χ2v) is 7.11. The van der Waals surface area contributed by atoms with E-state index in [9.17, 15) is 13.2 Å². The Balaban J connectivity index is 2.69. The average molecular weight is 306 g/mol. The molecule has 1 saturated carbocycles. The summed E-state index contributed by atoms with van der Waals surface area (Å²) < 4.78 is 31.1. The van der Waals surface area contributed by atoms with Crippen molar-refractivity contribution >= 4 is 16.0 Å². The van der Waals surface area contributed by atoms with Crippen molar-refractivity contribution in [3.8, 4) is 0 Å². The van der Waals surface area contributed by atoms with Crippen LogP contribution in [0.4, 0.5) is 0 Å². The van der Waals surface area contributed by atoms with E-state index in [1.807, 2.05) is 6.92 Å². The third kappa shape index (κ3) is 4.43. The molecule has 1 fully saturated rings. The van der Waals surface area contributed by atoms with Crippen molar-refractivity contribution < 1.29 is 17.9 Å². The molecule has 20 heavy (non-hydrogen) atoms. The normalized spacial score (nSPS) is 23.2. The molecule has 1 rings (SSSR count). The molecule has 2 atom stereocenters. The summed E-state index contributed by atoms with van der Waals surface area (Å²) in [5.41, 5.74) is 5.73. The van der Waals surface area contributed by atoms with E-state index in [2.05, 4.69) is 0 Å². The van der Waals surface area contributed by atoms with Crippen LogP contribution in [0.5, 0.6) is 0 Å². The Kier molecular flexibility index (Phi) is 6.91. The third-order valence-electron chi connectivity index (χ3n) is 3.83. The van der Waals surface area contributed by atoms with Gasteiger partial charge in [0.25, 0.3) is 0 Å². The number of carbonyl (C=O) groups is 1. The van der Waals surface area contributed by atoms with E-state index in [-0.39, 0.29) is 30.7 Å². The highest BCUT2D eigenvalue weighted by Crippen LogP contribution is 2.31. The summed E-state index contributed by atoms with van der Waals surface area (Å²) in [6.07, 6.45) is 2.75. The van der Waals surface area contributed by atoms with Crippen molar-refractivity contribution in [2.24, 2.45) is 11.7 Å². The summed E-state index contributed by atoms with van der Waals surface area (Å²) in [5, 5.41) is 0. The summed E-state index contributed by atoms with van der Waals surface area (Å²) in [7, 11) is -3.44. The highest BCUT2D eigenvalue weighted by Gasteiger charge is 2.36. The molecule has 2 unspecified atom stereocenters. The maximum Gasteiger partial charge on any atom is 0.306 e. The number of hydrogen-bond donors (Lipinski definition) is 1. The molecular formula is C13H26N2O4S. The van der Waals surface area contributed by atoms with Crippen LogP contribution >= 0.6 is 0 Å². The Labute approximate surface area is 121 Å². The fourth-order valence-corrected chi connectivity index (χ4v) is 4.61. The molecule has 0 heterocycles. The van der Waals surface area contributed by atoms with Crippen LogP contribution in [0.2, 0.25) is 0 Å². The minimum atomic E-state index is -3.44. The van der Waals surface area contributed by atoms with Gasteiger partial charge in [0, 0.05) is 12.6 Å². The van der Waals surface area contributed by atoms with Gasteiger partial charge in [-0.3, -0.25) is 4.79 Å². The van der Waals surface area contributed by atoms with E-state index in [4.69, 9.17) is 10.5 Å². The summed E-state index contributed by atoms with van der Waals surface area (Å²) in [4.78, 5) is 11.3. The van der Waals surface area contributed by atoms with Gasteiger partial charge < -0.3 is 10.5 Å². The molecule has 0 saturated heterocycles. The highest BCUT2D eigenvalue weighted by atomic mass is 32.2. The molecule has 6 nitrogen and oxygen atoms in total. The van der Waals surface area contributed by atoms with Gasteiger partial charge in [0.2, 0.25) is 10.0 Å². The molecule has 1 aliphatic carbocycles. The van der Waals surface area contributed by atoms with Gasteiger partial charge in [-0.2, -0.15) is 4.31 Å². The topological polar surface area (TPSA) is 89.7 Å². The summed E-state index contributed by atoms with van der Waals surface area (Å²) >= 11 is 0. The van der Waals surface area contributed by atoms with Crippen LogP contribution < -0.4 is 5.73 Å². The van der Waals surface area contributed by atoms with Crippen LogP contribution in [0.25, 0.3) is 0 Å². The Morgan fingerprint density at radius 1 is 1.35 bits per heavy atom. The van der Waals surface area contributed by atoms with E-state index < -0.39 is 16.0 Å². The molecule has 0 aromatic rings. The molecule has 0 aliphatic heterocycles. The number of esters is 1. The number of nitrogens with two attached hydrogens (primary N) is 1. The van der Waals surface area contributed by atoms with Crippen LogP contribution in [0.3, 0.4) is 0 Å². The molecule has 0 spiro atoms. The zero-order valence-corrected chi connectivity index (χ0v) is 13.2. The standard InChI is InChI=1S/C13H26N2O4S/c1-3-15(12-7-5-6-11(12)10-14)20(17,18)9-8-13(16)19-4-2/h11-12H,3-10,14H2,1-2H3. The SMILES string of the molecule is CCOC(=O)CCS(=O)(=O)N(CC)C1CCCC1CN. The number of ether oxygens (including phenoxy) is 1. The van der Waals surface area contributed by atoms with E-state index in [1.54, 1.807) is 6.92 Å². The lowest BCUT2D eigenvalue weighted by atomic mass is 10.0.